The quantitative estimate of drug-likeness (QED) is 0.443. The zero-order chi connectivity index (χ0) is 14.5. The largest absolute Gasteiger partial charge is 0.457 e. The molecule has 0 amide bonds. The normalized spacial score (nSPS) is 18.1. The van der Waals surface area contributed by atoms with Gasteiger partial charge in [-0.1, -0.05) is 6.08 Å². The van der Waals surface area contributed by atoms with E-state index in [0.29, 0.717) is 5.57 Å². The van der Waals surface area contributed by atoms with E-state index < -0.39 is 11.4 Å². The highest BCUT2D eigenvalue weighted by Crippen LogP contribution is 2.31. The smallest absolute Gasteiger partial charge is 0.316 e. The Kier molecular flexibility index (Phi) is 4.89. The number of hydrogen-bond donors (Lipinski definition) is 0. The maximum absolute atomic E-state index is 12.2. The molecule has 0 aliphatic heterocycles. The average Bonchev–Trinajstić information content (AvgIpc) is 2.41. The molecule has 1 atom stereocenters. The van der Waals surface area contributed by atoms with E-state index in [2.05, 4.69) is 0 Å². The van der Waals surface area contributed by atoms with Crippen molar-refractivity contribution in [2.75, 3.05) is 0 Å². The van der Waals surface area contributed by atoms with E-state index >= 15 is 0 Å². The first-order valence-electron chi connectivity index (χ1n) is 6.32. The Morgan fingerprint density at radius 3 is 2.47 bits per heavy atom. The Hall–Kier alpha value is -2.07. The van der Waals surface area contributed by atoms with Crippen molar-refractivity contribution in [1.82, 2.24) is 0 Å². The van der Waals surface area contributed by atoms with Crippen molar-refractivity contribution in [3.63, 3.8) is 0 Å². The van der Waals surface area contributed by atoms with E-state index in [1.807, 2.05) is 24.3 Å². The second kappa shape index (κ2) is 6.20. The highest BCUT2D eigenvalue weighted by Gasteiger charge is 2.34. The summed E-state index contributed by atoms with van der Waals surface area (Å²) < 4.78 is 5.44. The second-order valence-corrected chi connectivity index (χ2v) is 5.15. The van der Waals surface area contributed by atoms with Gasteiger partial charge in [0.25, 0.3) is 0 Å². The Labute approximate surface area is 114 Å². The lowest BCUT2D eigenvalue weighted by Crippen LogP contribution is -2.32. The molecule has 4 heteroatoms. The molecular formula is C15H18N2O2. The van der Waals surface area contributed by atoms with Crippen LogP contribution < -0.4 is 0 Å². The predicted octanol–water partition coefficient (Wildman–Crippen LogP) is 3.03. The fourth-order valence-electron chi connectivity index (χ4n) is 1.82. The van der Waals surface area contributed by atoms with Crippen LogP contribution in [0.15, 0.2) is 23.3 Å². The third-order valence-corrected chi connectivity index (χ3v) is 3.51. The molecule has 4 nitrogen and oxygen atoms in total. The van der Waals surface area contributed by atoms with Gasteiger partial charge in [-0.2, -0.15) is 10.5 Å². The molecule has 100 valence electrons. The third kappa shape index (κ3) is 3.45. The predicted molar refractivity (Wildman–Crippen MR) is 70.6 cm³/mol. The average molecular weight is 258 g/mol. The summed E-state index contributed by atoms with van der Waals surface area (Å²) in [5.74, 6) is -0.399. The number of nitrogens with zero attached hydrogens (tertiary/aromatic N) is 2. The van der Waals surface area contributed by atoms with Crippen molar-refractivity contribution in [2.24, 2.45) is 5.41 Å². The molecule has 0 aromatic heterocycles. The molecule has 1 aliphatic carbocycles. The molecule has 0 aromatic carbocycles. The van der Waals surface area contributed by atoms with Crippen molar-refractivity contribution in [1.29, 1.82) is 10.5 Å². The zero-order valence-corrected chi connectivity index (χ0v) is 11.6. The lowest BCUT2D eigenvalue weighted by molar-refractivity contribution is -0.155. The van der Waals surface area contributed by atoms with Gasteiger partial charge in [0.15, 0.2) is 0 Å². The van der Waals surface area contributed by atoms with E-state index in [1.54, 1.807) is 20.8 Å². The number of carbonyl (C=O) groups is 1. The Balaban J connectivity index is 2.88. The van der Waals surface area contributed by atoms with Gasteiger partial charge in [-0.05, 0) is 51.7 Å². The summed E-state index contributed by atoms with van der Waals surface area (Å²) in [4.78, 5) is 12.2. The van der Waals surface area contributed by atoms with E-state index in [9.17, 15) is 4.79 Å². The molecule has 0 N–H and O–H groups in total. The first kappa shape index (κ1) is 15.0. The van der Waals surface area contributed by atoms with Crippen molar-refractivity contribution in [2.45, 2.75) is 46.1 Å². The summed E-state index contributed by atoms with van der Waals surface area (Å²) in [5, 5.41) is 17.7. The third-order valence-electron chi connectivity index (χ3n) is 3.51. The number of carbonyl (C=O) groups excluding carboxylic acids is 1. The van der Waals surface area contributed by atoms with Crippen molar-refractivity contribution >= 4 is 5.97 Å². The molecule has 0 fully saturated rings. The summed E-state index contributed by atoms with van der Waals surface area (Å²) in [5.41, 5.74) is -0.546. The van der Waals surface area contributed by atoms with Gasteiger partial charge in [-0.15, -0.1) is 0 Å². The van der Waals surface area contributed by atoms with Crippen LogP contribution in [-0.2, 0) is 9.53 Å². The minimum atomic E-state index is -0.966. The van der Waals surface area contributed by atoms with Crippen LogP contribution in [0.2, 0.25) is 0 Å². The van der Waals surface area contributed by atoms with E-state index in [0.717, 1.165) is 19.3 Å². The van der Waals surface area contributed by atoms with Gasteiger partial charge in [0.2, 0.25) is 0 Å². The van der Waals surface area contributed by atoms with Crippen LogP contribution in [0.3, 0.4) is 0 Å². The molecule has 1 unspecified atom stereocenters. The maximum atomic E-state index is 12.2. The molecule has 0 saturated carbocycles. The lowest BCUT2D eigenvalue weighted by atomic mass is 9.82. The highest BCUT2D eigenvalue weighted by atomic mass is 16.5. The first-order chi connectivity index (χ1) is 8.93. The van der Waals surface area contributed by atoms with E-state index in [-0.39, 0.29) is 11.7 Å². The van der Waals surface area contributed by atoms with Gasteiger partial charge in [-0.25, -0.2) is 0 Å². The zero-order valence-electron chi connectivity index (χ0n) is 11.6. The molecule has 0 saturated heterocycles. The fraction of sp³-hybridized carbons (Fsp3) is 0.533. The van der Waals surface area contributed by atoms with Crippen LogP contribution in [0, 0.1) is 28.1 Å². The molecule has 1 aliphatic rings. The van der Waals surface area contributed by atoms with Gasteiger partial charge >= 0.3 is 5.97 Å². The van der Waals surface area contributed by atoms with Gasteiger partial charge in [-0.3, -0.25) is 4.79 Å². The summed E-state index contributed by atoms with van der Waals surface area (Å²) in [7, 11) is 0. The Morgan fingerprint density at radius 2 is 2.00 bits per heavy atom. The van der Waals surface area contributed by atoms with Gasteiger partial charge in [0, 0.05) is 0 Å². The van der Waals surface area contributed by atoms with Crippen LogP contribution in [0.5, 0.6) is 0 Å². The molecule has 0 spiro atoms. The highest BCUT2D eigenvalue weighted by molar-refractivity contribution is 5.80. The van der Waals surface area contributed by atoms with E-state index in [4.69, 9.17) is 15.3 Å². The molecule has 19 heavy (non-hydrogen) atoms. The molecular weight excluding hydrogens is 240 g/mol. The van der Waals surface area contributed by atoms with Crippen LogP contribution >= 0.6 is 0 Å². The van der Waals surface area contributed by atoms with Crippen molar-refractivity contribution in [3.05, 3.63) is 23.3 Å². The number of esters is 1. The second-order valence-electron chi connectivity index (χ2n) is 5.15. The molecule has 0 radical (unpaired) electrons. The van der Waals surface area contributed by atoms with Crippen LogP contribution in [0.1, 0.15) is 40.0 Å². The summed E-state index contributed by atoms with van der Waals surface area (Å²) in [6.07, 6.45) is 6.55. The minimum Gasteiger partial charge on any atom is -0.457 e. The Morgan fingerprint density at radius 1 is 1.37 bits per heavy atom. The van der Waals surface area contributed by atoms with Crippen molar-refractivity contribution < 1.29 is 9.53 Å². The summed E-state index contributed by atoms with van der Waals surface area (Å²) >= 11 is 0. The topological polar surface area (TPSA) is 73.9 Å². The number of ether oxygens (including phenoxy) is 1. The van der Waals surface area contributed by atoms with Crippen LogP contribution in [0.25, 0.3) is 0 Å². The molecule has 1 rings (SSSR count). The summed E-state index contributed by atoms with van der Waals surface area (Å²) in [6, 6.07) is 3.63. The summed E-state index contributed by atoms with van der Waals surface area (Å²) in [6.45, 7) is 4.97. The maximum Gasteiger partial charge on any atom is 0.316 e. The molecule has 0 aromatic rings. The molecule has 0 heterocycles. The Bertz CT molecular complexity index is 485. The number of nitriles is 2. The lowest BCUT2D eigenvalue weighted by Gasteiger charge is -2.27. The van der Waals surface area contributed by atoms with Gasteiger partial charge in [0.1, 0.15) is 23.8 Å². The van der Waals surface area contributed by atoms with E-state index in [1.165, 1.54) is 0 Å². The SMILES string of the molecule is CC(=C(C#N)C#N)C(C)(C)C(=O)OC1C=CCCC1. The van der Waals surface area contributed by atoms with Crippen LogP contribution in [-0.4, -0.2) is 12.1 Å². The number of allylic oxidation sites excluding steroid dienone is 2. The van der Waals surface area contributed by atoms with Gasteiger partial charge in [0.05, 0.1) is 5.41 Å². The number of hydrogen-bond acceptors (Lipinski definition) is 4. The number of rotatable bonds is 3. The van der Waals surface area contributed by atoms with Crippen LogP contribution in [0.4, 0.5) is 0 Å². The standard InChI is InChI=1S/C15H18N2O2/c1-11(12(9-16)10-17)15(2,3)14(18)19-13-7-5-4-6-8-13/h5,7,13H,4,6,8H2,1-3H3. The van der Waals surface area contributed by atoms with Gasteiger partial charge < -0.3 is 4.74 Å². The minimum absolute atomic E-state index is 0.0267. The van der Waals surface area contributed by atoms with Crippen molar-refractivity contribution in [3.8, 4) is 12.1 Å². The fourth-order valence-corrected chi connectivity index (χ4v) is 1.82. The first-order valence-corrected chi connectivity index (χ1v) is 6.32. The molecule has 0 bridgehead atoms. The monoisotopic (exact) mass is 258 g/mol.